The van der Waals surface area contributed by atoms with E-state index < -0.39 is 10.8 Å². The molecule has 1 N–H and O–H groups in total. The first-order valence-corrected chi connectivity index (χ1v) is 8.67. The second-order valence-corrected chi connectivity index (χ2v) is 6.77. The fourth-order valence-corrected chi connectivity index (χ4v) is 3.64. The molecule has 2 atom stereocenters. The van der Waals surface area contributed by atoms with E-state index in [9.17, 15) is 4.21 Å². The van der Waals surface area contributed by atoms with Crippen molar-refractivity contribution >= 4 is 10.8 Å². The Bertz CT molecular complexity index is 610. The van der Waals surface area contributed by atoms with E-state index >= 15 is 0 Å². The lowest BCUT2D eigenvalue weighted by atomic mass is 10.1. The molecule has 0 aliphatic heterocycles. The number of rotatable bonds is 6. The summed E-state index contributed by atoms with van der Waals surface area (Å²) >= 11 is 0. The lowest BCUT2D eigenvalue weighted by molar-refractivity contribution is 0.594. The van der Waals surface area contributed by atoms with Gasteiger partial charge in [0, 0.05) is 16.7 Å². The van der Waals surface area contributed by atoms with Crippen molar-refractivity contribution in [2.24, 2.45) is 0 Å². The lowest BCUT2D eigenvalue weighted by Crippen LogP contribution is -2.26. The van der Waals surface area contributed by atoms with Gasteiger partial charge in [-0.05, 0) is 49.2 Å². The normalized spacial score (nSPS) is 13.9. The Morgan fingerprint density at radius 3 is 2.38 bits per heavy atom. The SMILES string of the molecule is CCNC(CS(=O)c1ccc(C)c(C)c1)c1ccccc1. The van der Waals surface area contributed by atoms with Gasteiger partial charge in [0.15, 0.2) is 0 Å². The maximum absolute atomic E-state index is 12.6. The van der Waals surface area contributed by atoms with Crippen molar-refractivity contribution in [3.05, 3.63) is 65.2 Å². The van der Waals surface area contributed by atoms with Crippen LogP contribution in [0.3, 0.4) is 0 Å². The number of benzene rings is 2. The Kier molecular flexibility index (Phi) is 5.71. The molecule has 0 radical (unpaired) electrons. The number of aryl methyl sites for hydroxylation is 2. The van der Waals surface area contributed by atoms with Crippen LogP contribution in [0.2, 0.25) is 0 Å². The molecule has 21 heavy (non-hydrogen) atoms. The highest BCUT2D eigenvalue weighted by Gasteiger charge is 2.15. The molecule has 0 aliphatic carbocycles. The zero-order valence-electron chi connectivity index (χ0n) is 12.9. The first-order chi connectivity index (χ1) is 10.1. The van der Waals surface area contributed by atoms with Crippen molar-refractivity contribution in [3.63, 3.8) is 0 Å². The van der Waals surface area contributed by atoms with Crippen LogP contribution in [0.1, 0.15) is 29.7 Å². The molecule has 0 bridgehead atoms. The van der Waals surface area contributed by atoms with Crippen molar-refractivity contribution in [1.29, 1.82) is 0 Å². The summed E-state index contributed by atoms with van der Waals surface area (Å²) in [5.74, 6) is 0.598. The summed E-state index contributed by atoms with van der Waals surface area (Å²) in [7, 11) is -0.997. The summed E-state index contributed by atoms with van der Waals surface area (Å²) in [6, 6.07) is 16.4. The van der Waals surface area contributed by atoms with Crippen LogP contribution in [0.4, 0.5) is 0 Å². The fourth-order valence-electron chi connectivity index (χ4n) is 2.31. The van der Waals surface area contributed by atoms with Gasteiger partial charge in [0.1, 0.15) is 0 Å². The van der Waals surface area contributed by atoms with Crippen LogP contribution in [0.5, 0.6) is 0 Å². The van der Waals surface area contributed by atoms with Gasteiger partial charge in [-0.15, -0.1) is 0 Å². The zero-order chi connectivity index (χ0) is 15.2. The molecule has 2 rings (SSSR count). The van der Waals surface area contributed by atoms with Gasteiger partial charge in [0.05, 0.1) is 10.8 Å². The van der Waals surface area contributed by atoms with E-state index in [2.05, 4.69) is 38.2 Å². The van der Waals surface area contributed by atoms with Gasteiger partial charge in [-0.3, -0.25) is 4.21 Å². The number of hydrogen-bond donors (Lipinski definition) is 1. The first-order valence-electron chi connectivity index (χ1n) is 7.35. The third kappa shape index (κ3) is 4.26. The fraction of sp³-hybridized carbons (Fsp3) is 0.333. The molecule has 0 aromatic heterocycles. The van der Waals surface area contributed by atoms with E-state index in [1.165, 1.54) is 16.7 Å². The second kappa shape index (κ2) is 7.53. The highest BCUT2D eigenvalue weighted by atomic mass is 32.2. The van der Waals surface area contributed by atoms with Crippen LogP contribution in [0.25, 0.3) is 0 Å². The molecular weight excluding hydrogens is 278 g/mol. The van der Waals surface area contributed by atoms with E-state index in [-0.39, 0.29) is 6.04 Å². The van der Waals surface area contributed by atoms with Crippen LogP contribution in [-0.4, -0.2) is 16.5 Å². The molecule has 2 nitrogen and oxygen atoms in total. The smallest absolute Gasteiger partial charge is 0.0548 e. The Hall–Kier alpha value is -1.45. The first kappa shape index (κ1) is 15.9. The summed E-state index contributed by atoms with van der Waals surface area (Å²) in [6.07, 6.45) is 0. The van der Waals surface area contributed by atoms with Crippen molar-refractivity contribution in [2.75, 3.05) is 12.3 Å². The van der Waals surface area contributed by atoms with Gasteiger partial charge >= 0.3 is 0 Å². The minimum atomic E-state index is -0.997. The molecule has 0 amide bonds. The van der Waals surface area contributed by atoms with E-state index in [1.54, 1.807) is 0 Å². The minimum absolute atomic E-state index is 0.124. The van der Waals surface area contributed by atoms with Crippen LogP contribution in [0, 0.1) is 13.8 Å². The lowest BCUT2D eigenvalue weighted by Gasteiger charge is -2.18. The van der Waals surface area contributed by atoms with Gasteiger partial charge in [-0.2, -0.15) is 0 Å². The van der Waals surface area contributed by atoms with Crippen molar-refractivity contribution in [3.8, 4) is 0 Å². The Labute approximate surface area is 130 Å². The third-order valence-electron chi connectivity index (χ3n) is 3.71. The zero-order valence-corrected chi connectivity index (χ0v) is 13.7. The molecule has 2 aromatic carbocycles. The quantitative estimate of drug-likeness (QED) is 0.880. The average molecular weight is 301 g/mol. The second-order valence-electron chi connectivity index (χ2n) is 5.28. The molecule has 0 spiro atoms. The minimum Gasteiger partial charge on any atom is -0.309 e. The number of hydrogen-bond acceptors (Lipinski definition) is 2. The highest BCUT2D eigenvalue weighted by Crippen LogP contribution is 2.19. The van der Waals surface area contributed by atoms with E-state index in [1.807, 2.05) is 36.4 Å². The summed E-state index contributed by atoms with van der Waals surface area (Å²) in [6.45, 7) is 7.08. The molecule has 0 saturated carbocycles. The maximum atomic E-state index is 12.6. The van der Waals surface area contributed by atoms with E-state index in [4.69, 9.17) is 0 Å². The molecule has 112 valence electrons. The standard InChI is InChI=1S/C18H23NOS/c1-4-19-18(16-8-6-5-7-9-16)13-21(20)17-11-10-14(2)15(3)12-17/h5-12,18-19H,4,13H2,1-3H3. The summed E-state index contributed by atoms with van der Waals surface area (Å²) < 4.78 is 12.6. The predicted molar refractivity (Wildman–Crippen MR) is 90.1 cm³/mol. The molecular formula is C18H23NOS. The Morgan fingerprint density at radius 1 is 1.05 bits per heavy atom. The molecule has 0 saturated heterocycles. The number of nitrogens with one attached hydrogen (secondary N) is 1. The third-order valence-corrected chi connectivity index (χ3v) is 5.13. The van der Waals surface area contributed by atoms with Gasteiger partial charge in [0.2, 0.25) is 0 Å². The van der Waals surface area contributed by atoms with E-state index in [0.717, 1.165) is 11.4 Å². The molecule has 3 heteroatoms. The Morgan fingerprint density at radius 2 is 1.76 bits per heavy atom. The van der Waals surface area contributed by atoms with Gasteiger partial charge in [-0.25, -0.2) is 0 Å². The van der Waals surface area contributed by atoms with Gasteiger partial charge in [0.25, 0.3) is 0 Å². The summed E-state index contributed by atoms with van der Waals surface area (Å²) in [5, 5.41) is 3.43. The molecule has 0 heterocycles. The topological polar surface area (TPSA) is 29.1 Å². The summed E-state index contributed by atoms with van der Waals surface area (Å²) in [4.78, 5) is 0.914. The van der Waals surface area contributed by atoms with Crippen molar-refractivity contribution < 1.29 is 4.21 Å². The van der Waals surface area contributed by atoms with Crippen molar-refractivity contribution in [2.45, 2.75) is 31.7 Å². The molecule has 2 aromatic rings. The van der Waals surface area contributed by atoms with Crippen LogP contribution < -0.4 is 5.32 Å². The predicted octanol–water partition coefficient (Wildman–Crippen LogP) is 3.76. The van der Waals surface area contributed by atoms with Crippen molar-refractivity contribution in [1.82, 2.24) is 5.32 Å². The van der Waals surface area contributed by atoms with E-state index in [0.29, 0.717) is 5.75 Å². The Balaban J connectivity index is 2.16. The van der Waals surface area contributed by atoms with Crippen LogP contribution >= 0.6 is 0 Å². The highest BCUT2D eigenvalue weighted by molar-refractivity contribution is 7.85. The average Bonchev–Trinajstić information content (AvgIpc) is 2.50. The molecule has 0 aliphatic rings. The monoisotopic (exact) mass is 301 g/mol. The van der Waals surface area contributed by atoms with Crippen LogP contribution in [0.15, 0.2) is 53.4 Å². The molecule has 0 fully saturated rings. The largest absolute Gasteiger partial charge is 0.309 e. The van der Waals surface area contributed by atoms with Crippen LogP contribution in [-0.2, 0) is 10.8 Å². The summed E-state index contributed by atoms with van der Waals surface area (Å²) in [5.41, 5.74) is 3.62. The maximum Gasteiger partial charge on any atom is 0.0548 e. The van der Waals surface area contributed by atoms with Gasteiger partial charge in [-0.1, -0.05) is 43.3 Å². The van der Waals surface area contributed by atoms with Gasteiger partial charge < -0.3 is 5.32 Å². The molecule has 2 unspecified atom stereocenters.